The van der Waals surface area contributed by atoms with E-state index < -0.39 is 5.54 Å². The van der Waals surface area contributed by atoms with E-state index >= 15 is 0 Å². The number of rotatable bonds is 9. The first-order valence-corrected chi connectivity index (χ1v) is 9.65. The normalized spacial score (nSPS) is 20.0. The zero-order valence-corrected chi connectivity index (χ0v) is 16.6. The van der Waals surface area contributed by atoms with Gasteiger partial charge < -0.3 is 15.0 Å². The van der Waals surface area contributed by atoms with Crippen LogP contribution in [0.1, 0.15) is 45.6 Å². The Morgan fingerprint density at radius 3 is 2.69 bits per heavy atom. The van der Waals surface area contributed by atoms with Crippen LogP contribution in [0, 0.1) is 0 Å². The summed E-state index contributed by atoms with van der Waals surface area (Å²) in [5.74, 6) is -0.0382. The summed E-state index contributed by atoms with van der Waals surface area (Å²) < 4.78 is 5.48. The molecule has 2 amide bonds. The fraction of sp³-hybridized carbons (Fsp3) is 0.600. The van der Waals surface area contributed by atoms with Crippen molar-refractivity contribution >= 4 is 23.4 Å². The van der Waals surface area contributed by atoms with E-state index in [0.717, 1.165) is 12.0 Å². The van der Waals surface area contributed by atoms with Gasteiger partial charge in [0.2, 0.25) is 11.8 Å². The second kappa shape index (κ2) is 9.38. The van der Waals surface area contributed by atoms with Gasteiger partial charge in [-0.1, -0.05) is 23.7 Å². The molecule has 1 heterocycles. The molecule has 1 aliphatic heterocycles. The number of hydrogen-bond donors (Lipinski definition) is 1. The lowest BCUT2D eigenvalue weighted by Gasteiger charge is -2.34. The molecule has 2 rings (SSSR count). The number of benzene rings is 1. The van der Waals surface area contributed by atoms with Gasteiger partial charge in [0.25, 0.3) is 0 Å². The quantitative estimate of drug-likeness (QED) is 0.669. The van der Waals surface area contributed by atoms with E-state index in [-0.39, 0.29) is 17.9 Å². The molecule has 0 spiro atoms. The Balaban J connectivity index is 1.88. The molecule has 0 aliphatic carbocycles. The lowest BCUT2D eigenvalue weighted by molar-refractivity contribution is -0.140. The Hall–Kier alpha value is -1.59. The van der Waals surface area contributed by atoms with Crippen molar-refractivity contribution in [1.29, 1.82) is 0 Å². The van der Waals surface area contributed by atoms with E-state index in [1.807, 2.05) is 45.0 Å². The van der Waals surface area contributed by atoms with Crippen LogP contribution in [0.25, 0.3) is 0 Å². The molecule has 1 saturated heterocycles. The molecule has 0 radical (unpaired) electrons. The van der Waals surface area contributed by atoms with E-state index in [2.05, 4.69) is 5.32 Å². The summed E-state index contributed by atoms with van der Waals surface area (Å²) in [4.78, 5) is 26.8. The van der Waals surface area contributed by atoms with Crippen molar-refractivity contribution in [3.8, 4) is 0 Å². The van der Waals surface area contributed by atoms with Crippen LogP contribution in [-0.2, 0) is 20.7 Å². The predicted octanol–water partition coefficient (Wildman–Crippen LogP) is 3.19. The van der Waals surface area contributed by atoms with Gasteiger partial charge in [-0.15, -0.1) is 0 Å². The first-order chi connectivity index (χ1) is 12.3. The Morgan fingerprint density at radius 2 is 2.04 bits per heavy atom. The number of nitrogens with zero attached hydrogens (tertiary/aromatic N) is 1. The lowest BCUT2D eigenvalue weighted by Crippen LogP contribution is -2.55. The number of carbonyl (C=O) groups excluding carboxylic acids is 2. The molecule has 1 fully saturated rings. The van der Waals surface area contributed by atoms with Gasteiger partial charge in [0.05, 0.1) is 6.10 Å². The van der Waals surface area contributed by atoms with Crippen LogP contribution in [0.3, 0.4) is 0 Å². The van der Waals surface area contributed by atoms with Crippen molar-refractivity contribution in [1.82, 2.24) is 10.2 Å². The highest BCUT2D eigenvalue weighted by Gasteiger charge is 2.46. The molecule has 1 aliphatic rings. The Labute approximate surface area is 161 Å². The number of hydrogen-bond acceptors (Lipinski definition) is 3. The molecule has 0 unspecified atom stereocenters. The largest absolute Gasteiger partial charge is 0.379 e. The molecule has 0 saturated carbocycles. The van der Waals surface area contributed by atoms with Crippen molar-refractivity contribution in [3.05, 3.63) is 34.9 Å². The summed E-state index contributed by atoms with van der Waals surface area (Å²) in [6.07, 6.45) is 2.63. The topological polar surface area (TPSA) is 58.6 Å². The van der Waals surface area contributed by atoms with Gasteiger partial charge in [-0.25, -0.2) is 0 Å². The van der Waals surface area contributed by atoms with E-state index in [1.165, 1.54) is 0 Å². The second-order valence-corrected chi connectivity index (χ2v) is 7.66. The minimum Gasteiger partial charge on any atom is -0.379 e. The van der Waals surface area contributed by atoms with Gasteiger partial charge in [0.15, 0.2) is 0 Å². The fourth-order valence-corrected chi connectivity index (χ4v) is 3.30. The fourth-order valence-electron chi connectivity index (χ4n) is 3.18. The molecule has 6 heteroatoms. The smallest absolute Gasteiger partial charge is 0.245 e. The molecule has 1 aromatic carbocycles. The number of halogens is 1. The summed E-state index contributed by atoms with van der Waals surface area (Å²) in [6.45, 7) is 7.54. The summed E-state index contributed by atoms with van der Waals surface area (Å²) in [6, 6.07) is 7.59. The molecule has 1 atom stereocenters. The minimum atomic E-state index is -0.775. The lowest BCUT2D eigenvalue weighted by atomic mass is 9.97. The van der Waals surface area contributed by atoms with Crippen LogP contribution >= 0.6 is 11.6 Å². The maximum absolute atomic E-state index is 12.7. The molecular formula is C20H29ClN2O3. The van der Waals surface area contributed by atoms with Crippen LogP contribution in [0.4, 0.5) is 0 Å². The van der Waals surface area contributed by atoms with Gasteiger partial charge in [-0.05, 0) is 57.7 Å². The average Bonchev–Trinajstić information content (AvgIpc) is 2.89. The highest BCUT2D eigenvalue weighted by Crippen LogP contribution is 2.30. The number of nitrogens with one attached hydrogen (secondary N) is 1. The predicted molar refractivity (Wildman–Crippen MR) is 103 cm³/mol. The number of amides is 2. The first-order valence-electron chi connectivity index (χ1n) is 9.28. The summed E-state index contributed by atoms with van der Waals surface area (Å²) in [7, 11) is 0. The maximum Gasteiger partial charge on any atom is 0.245 e. The molecular weight excluding hydrogens is 352 g/mol. The van der Waals surface area contributed by atoms with Crippen LogP contribution in [0.2, 0.25) is 5.02 Å². The third-order valence-corrected chi connectivity index (χ3v) is 5.06. The van der Waals surface area contributed by atoms with Crippen molar-refractivity contribution in [3.63, 3.8) is 0 Å². The van der Waals surface area contributed by atoms with Crippen LogP contribution < -0.4 is 5.32 Å². The van der Waals surface area contributed by atoms with Gasteiger partial charge in [-0.3, -0.25) is 9.59 Å². The van der Waals surface area contributed by atoms with E-state index in [9.17, 15) is 9.59 Å². The van der Waals surface area contributed by atoms with Gasteiger partial charge in [-0.2, -0.15) is 0 Å². The van der Waals surface area contributed by atoms with E-state index in [4.69, 9.17) is 16.3 Å². The van der Waals surface area contributed by atoms with Crippen molar-refractivity contribution < 1.29 is 14.3 Å². The average molecular weight is 381 g/mol. The van der Waals surface area contributed by atoms with Crippen molar-refractivity contribution in [2.24, 2.45) is 0 Å². The molecule has 1 aromatic rings. The van der Waals surface area contributed by atoms with E-state index in [0.29, 0.717) is 44.0 Å². The standard InChI is InChI=1S/C20H29ClN2O3/c1-15(2)26-14-4-12-22-19(25)20(3)11-9-18(24)23(20)13-10-16-5-7-17(21)8-6-16/h5-8,15H,4,9-14H2,1-3H3,(H,22,25)/t20-/m1/s1. The maximum atomic E-state index is 12.7. The molecule has 5 nitrogen and oxygen atoms in total. The van der Waals surface area contributed by atoms with Gasteiger partial charge in [0, 0.05) is 31.1 Å². The summed E-state index contributed by atoms with van der Waals surface area (Å²) >= 11 is 5.91. The zero-order valence-electron chi connectivity index (χ0n) is 15.9. The highest BCUT2D eigenvalue weighted by atomic mass is 35.5. The molecule has 0 aromatic heterocycles. The van der Waals surface area contributed by atoms with E-state index in [1.54, 1.807) is 4.90 Å². The molecule has 0 bridgehead atoms. The zero-order chi connectivity index (χ0) is 19.2. The van der Waals surface area contributed by atoms with Crippen LogP contribution in [0.15, 0.2) is 24.3 Å². The Morgan fingerprint density at radius 1 is 1.35 bits per heavy atom. The third kappa shape index (κ3) is 5.45. The Kier molecular flexibility index (Phi) is 7.47. The second-order valence-electron chi connectivity index (χ2n) is 7.22. The van der Waals surface area contributed by atoms with Crippen LogP contribution in [-0.4, -0.2) is 48.1 Å². The van der Waals surface area contributed by atoms with Gasteiger partial charge in [0.1, 0.15) is 5.54 Å². The molecule has 144 valence electrons. The first kappa shape index (κ1) is 20.7. The third-order valence-electron chi connectivity index (χ3n) is 4.81. The SMILES string of the molecule is CC(C)OCCCNC(=O)[C@@]1(C)CCC(=O)N1CCc1ccc(Cl)cc1. The number of carbonyl (C=O) groups is 2. The van der Waals surface area contributed by atoms with Crippen molar-refractivity contribution in [2.75, 3.05) is 19.7 Å². The minimum absolute atomic E-state index is 0.0414. The number of likely N-dealkylation sites (tertiary alicyclic amines) is 1. The van der Waals surface area contributed by atoms with Crippen molar-refractivity contribution in [2.45, 2.75) is 58.1 Å². The monoisotopic (exact) mass is 380 g/mol. The molecule has 1 N–H and O–H groups in total. The summed E-state index contributed by atoms with van der Waals surface area (Å²) in [5.41, 5.74) is 0.324. The number of ether oxygens (including phenoxy) is 1. The van der Waals surface area contributed by atoms with Gasteiger partial charge >= 0.3 is 0 Å². The van der Waals surface area contributed by atoms with Crippen LogP contribution in [0.5, 0.6) is 0 Å². The highest BCUT2D eigenvalue weighted by molar-refractivity contribution is 6.30. The Bertz CT molecular complexity index is 618. The summed E-state index contributed by atoms with van der Waals surface area (Å²) in [5, 5.41) is 3.66. The molecule has 26 heavy (non-hydrogen) atoms.